The molecular weight excluding hydrogens is 394 g/mol. The molecule has 2 aromatic carbocycles. The molecule has 2 aromatic rings. The molecular formula is C20H26N3O5S+. The fourth-order valence-corrected chi connectivity index (χ4v) is 5.15. The summed E-state index contributed by atoms with van der Waals surface area (Å²) in [6, 6.07) is 13.4. The van der Waals surface area contributed by atoms with Crippen LogP contribution in [0.3, 0.4) is 0 Å². The van der Waals surface area contributed by atoms with Crippen LogP contribution in [0.2, 0.25) is 0 Å². The summed E-state index contributed by atoms with van der Waals surface area (Å²) in [5.74, 6) is 0. The Morgan fingerprint density at radius 1 is 1.03 bits per heavy atom. The second-order valence-electron chi connectivity index (χ2n) is 7.29. The Hall–Kier alpha value is -2.49. The second-order valence-corrected chi connectivity index (χ2v) is 9.15. The molecule has 0 unspecified atom stereocenters. The number of nitro benzene ring substituents is 1. The molecule has 29 heavy (non-hydrogen) atoms. The number of nitrogens with zero attached hydrogens (tertiary/aromatic N) is 2. The third kappa shape index (κ3) is 5.31. The maximum absolute atomic E-state index is 13.3. The molecule has 3 rings (SSSR count). The largest absolute Gasteiger partial charge is 0.385 e. The van der Waals surface area contributed by atoms with E-state index in [-0.39, 0.29) is 17.1 Å². The fourth-order valence-electron chi connectivity index (χ4n) is 3.65. The summed E-state index contributed by atoms with van der Waals surface area (Å²) in [7, 11) is -3.99. The molecule has 1 atom stereocenters. The Bertz CT molecular complexity index is 913. The molecule has 0 saturated carbocycles. The van der Waals surface area contributed by atoms with E-state index in [9.17, 15) is 23.6 Å². The van der Waals surface area contributed by atoms with Gasteiger partial charge in [0.1, 0.15) is 12.6 Å². The van der Waals surface area contributed by atoms with Gasteiger partial charge in [-0.25, -0.2) is 8.42 Å². The third-order valence-corrected chi connectivity index (χ3v) is 6.95. The summed E-state index contributed by atoms with van der Waals surface area (Å²) in [5.41, 5.74) is 0.266. The normalized spacial score (nSPS) is 16.3. The molecule has 8 nitrogen and oxygen atoms in total. The highest BCUT2D eigenvalue weighted by Gasteiger charge is 2.29. The number of nitro groups is 1. The van der Waals surface area contributed by atoms with E-state index in [0.29, 0.717) is 12.2 Å². The van der Waals surface area contributed by atoms with Crippen LogP contribution in [0.5, 0.6) is 0 Å². The number of aliphatic hydroxyl groups is 1. The van der Waals surface area contributed by atoms with Crippen LogP contribution in [0.1, 0.15) is 19.3 Å². The van der Waals surface area contributed by atoms with Gasteiger partial charge in [-0.3, -0.25) is 14.4 Å². The van der Waals surface area contributed by atoms with Gasteiger partial charge in [0.15, 0.2) is 0 Å². The van der Waals surface area contributed by atoms with Crippen molar-refractivity contribution in [2.45, 2.75) is 30.3 Å². The second kappa shape index (κ2) is 9.34. The number of nitrogens with one attached hydrogen (secondary N) is 1. The van der Waals surface area contributed by atoms with Gasteiger partial charge in [0.05, 0.1) is 35.1 Å². The first-order valence-corrected chi connectivity index (χ1v) is 11.2. The van der Waals surface area contributed by atoms with Crippen molar-refractivity contribution in [3.8, 4) is 0 Å². The lowest BCUT2D eigenvalue weighted by Gasteiger charge is -2.30. The van der Waals surface area contributed by atoms with Crippen molar-refractivity contribution in [1.29, 1.82) is 0 Å². The maximum Gasteiger partial charge on any atom is 0.269 e. The Morgan fingerprint density at radius 3 is 2.24 bits per heavy atom. The summed E-state index contributed by atoms with van der Waals surface area (Å²) in [5, 5.41) is 21.5. The zero-order valence-electron chi connectivity index (χ0n) is 16.1. The molecule has 1 heterocycles. The number of hydrogen-bond donors (Lipinski definition) is 2. The first kappa shape index (κ1) is 21.2. The van der Waals surface area contributed by atoms with Gasteiger partial charge in [-0.15, -0.1) is 0 Å². The predicted molar refractivity (Wildman–Crippen MR) is 109 cm³/mol. The quantitative estimate of drug-likeness (QED) is 0.494. The first-order chi connectivity index (χ1) is 13.9. The molecule has 0 aliphatic carbocycles. The minimum Gasteiger partial charge on any atom is -0.385 e. The number of sulfonamides is 1. The highest BCUT2D eigenvalue weighted by molar-refractivity contribution is 7.92. The van der Waals surface area contributed by atoms with Gasteiger partial charge in [0.2, 0.25) is 0 Å². The lowest BCUT2D eigenvalue weighted by molar-refractivity contribution is -0.907. The maximum atomic E-state index is 13.3. The molecule has 0 spiro atoms. The van der Waals surface area contributed by atoms with Crippen molar-refractivity contribution in [2.75, 3.05) is 30.5 Å². The van der Waals surface area contributed by atoms with E-state index in [1.54, 1.807) is 30.3 Å². The van der Waals surface area contributed by atoms with Crippen molar-refractivity contribution >= 4 is 21.4 Å². The number of anilines is 1. The number of aliphatic hydroxyl groups excluding tert-OH is 1. The zero-order valence-corrected chi connectivity index (χ0v) is 16.9. The predicted octanol–water partition coefficient (Wildman–Crippen LogP) is 1.22. The Morgan fingerprint density at radius 2 is 1.66 bits per heavy atom. The van der Waals surface area contributed by atoms with E-state index < -0.39 is 21.1 Å². The summed E-state index contributed by atoms with van der Waals surface area (Å²) in [4.78, 5) is 11.5. The summed E-state index contributed by atoms with van der Waals surface area (Å²) in [6.07, 6.45) is 2.61. The van der Waals surface area contributed by atoms with Crippen LogP contribution in [-0.4, -0.2) is 50.7 Å². The third-order valence-electron chi connectivity index (χ3n) is 5.14. The number of likely N-dealkylation sites (tertiary alicyclic amines) is 1. The summed E-state index contributed by atoms with van der Waals surface area (Å²) in [6.45, 7) is 2.38. The first-order valence-electron chi connectivity index (χ1n) is 9.72. The topological polar surface area (TPSA) is 105 Å². The number of non-ortho nitro benzene ring substituents is 1. The fraction of sp³-hybridized carbons (Fsp3) is 0.400. The number of para-hydroxylation sites is 1. The van der Waals surface area contributed by atoms with E-state index in [0.717, 1.165) is 25.9 Å². The Labute approximate surface area is 170 Å². The monoisotopic (exact) mass is 420 g/mol. The lowest BCUT2D eigenvalue weighted by atomic mass is 10.1. The number of quaternary nitrogens is 1. The Balaban J connectivity index is 1.85. The number of benzene rings is 2. The highest BCUT2D eigenvalue weighted by Crippen LogP contribution is 2.25. The van der Waals surface area contributed by atoms with Crippen molar-refractivity contribution in [3.05, 3.63) is 64.7 Å². The lowest BCUT2D eigenvalue weighted by Crippen LogP contribution is -3.14. The van der Waals surface area contributed by atoms with Gasteiger partial charge in [-0.1, -0.05) is 18.2 Å². The SMILES string of the molecule is O=[N+]([O-])c1ccc(S(=O)(=O)N(C[C@@H](O)C[NH+]2CCCCC2)c2ccccc2)cc1. The number of rotatable bonds is 8. The Kier molecular flexibility index (Phi) is 6.83. The van der Waals surface area contributed by atoms with E-state index in [4.69, 9.17) is 0 Å². The molecule has 0 radical (unpaired) electrons. The summed E-state index contributed by atoms with van der Waals surface area (Å²) < 4.78 is 27.7. The highest BCUT2D eigenvalue weighted by atomic mass is 32.2. The van der Waals surface area contributed by atoms with Gasteiger partial charge in [0, 0.05) is 12.1 Å². The van der Waals surface area contributed by atoms with Crippen molar-refractivity contribution < 1.29 is 23.3 Å². The van der Waals surface area contributed by atoms with Crippen LogP contribution in [0.4, 0.5) is 11.4 Å². The standard InChI is InChI=1S/C20H25N3O5S/c24-19(15-21-13-5-2-6-14-21)16-22(17-7-3-1-4-8-17)29(27,28)20-11-9-18(10-12-20)23(25)26/h1,3-4,7-12,19,24H,2,5-6,13-16H2/p+1/t19-/m0/s1. The van der Waals surface area contributed by atoms with Gasteiger partial charge >= 0.3 is 0 Å². The average Bonchev–Trinajstić information content (AvgIpc) is 2.73. The van der Waals surface area contributed by atoms with Crippen molar-refractivity contribution in [2.24, 2.45) is 0 Å². The molecule has 0 bridgehead atoms. The molecule has 0 amide bonds. The average molecular weight is 421 g/mol. The molecule has 9 heteroatoms. The van der Waals surface area contributed by atoms with E-state index >= 15 is 0 Å². The zero-order chi connectivity index (χ0) is 20.9. The van der Waals surface area contributed by atoms with Crippen molar-refractivity contribution in [1.82, 2.24) is 0 Å². The molecule has 156 valence electrons. The molecule has 2 N–H and O–H groups in total. The van der Waals surface area contributed by atoms with E-state index in [2.05, 4.69) is 0 Å². The van der Waals surface area contributed by atoms with Gasteiger partial charge in [-0.2, -0.15) is 0 Å². The smallest absolute Gasteiger partial charge is 0.269 e. The molecule has 1 saturated heterocycles. The van der Waals surface area contributed by atoms with E-state index in [1.807, 2.05) is 0 Å². The van der Waals surface area contributed by atoms with Gasteiger partial charge < -0.3 is 10.0 Å². The molecule has 1 fully saturated rings. The number of piperidine rings is 1. The van der Waals surface area contributed by atoms with Crippen LogP contribution in [-0.2, 0) is 10.0 Å². The van der Waals surface area contributed by atoms with Gasteiger partial charge in [0.25, 0.3) is 15.7 Å². The van der Waals surface area contributed by atoms with E-state index in [1.165, 1.54) is 39.9 Å². The van der Waals surface area contributed by atoms with Crippen LogP contribution >= 0.6 is 0 Å². The van der Waals surface area contributed by atoms with Crippen LogP contribution < -0.4 is 9.21 Å². The number of hydrogen-bond acceptors (Lipinski definition) is 5. The van der Waals surface area contributed by atoms with Gasteiger partial charge in [-0.05, 0) is 43.5 Å². The minimum atomic E-state index is -3.99. The molecule has 1 aliphatic rings. The van der Waals surface area contributed by atoms with Crippen LogP contribution in [0.25, 0.3) is 0 Å². The van der Waals surface area contributed by atoms with Crippen molar-refractivity contribution in [3.63, 3.8) is 0 Å². The molecule has 0 aromatic heterocycles. The van der Waals surface area contributed by atoms with Crippen LogP contribution in [0.15, 0.2) is 59.5 Å². The van der Waals surface area contributed by atoms with Crippen LogP contribution in [0, 0.1) is 10.1 Å². The molecule has 1 aliphatic heterocycles. The summed E-state index contributed by atoms with van der Waals surface area (Å²) >= 11 is 0. The minimum absolute atomic E-state index is 0.0514.